The molecule has 0 saturated heterocycles. The van der Waals surface area contributed by atoms with Crippen LogP contribution in [0.15, 0.2) is 42.6 Å². The first-order valence-electron chi connectivity index (χ1n) is 7.37. The molecule has 2 aromatic carbocycles. The normalized spacial score (nSPS) is 10.8. The molecule has 0 radical (unpaired) electrons. The predicted octanol–water partition coefficient (Wildman–Crippen LogP) is 4.80. The zero-order valence-electron chi connectivity index (χ0n) is 13.4. The van der Waals surface area contributed by atoms with Gasteiger partial charge in [-0.05, 0) is 54.1 Å². The van der Waals surface area contributed by atoms with Crippen LogP contribution in [0.25, 0.3) is 10.8 Å². The Kier molecular flexibility index (Phi) is 4.39. The molecule has 118 valence electrons. The molecule has 4 heteroatoms. The van der Waals surface area contributed by atoms with E-state index in [1.807, 2.05) is 49.5 Å². The van der Waals surface area contributed by atoms with Gasteiger partial charge in [-0.2, -0.15) is 0 Å². The van der Waals surface area contributed by atoms with E-state index < -0.39 is 0 Å². The number of hydrogen-bond donors (Lipinski definition) is 0. The van der Waals surface area contributed by atoms with Crippen molar-refractivity contribution in [1.29, 1.82) is 0 Å². The van der Waals surface area contributed by atoms with E-state index in [9.17, 15) is 0 Å². The maximum Gasteiger partial charge on any atom is 0.161 e. The number of hydrogen-bond acceptors (Lipinski definition) is 3. The molecule has 3 rings (SSSR count). The Morgan fingerprint density at radius 3 is 2.30 bits per heavy atom. The topological polar surface area (TPSA) is 31.4 Å². The van der Waals surface area contributed by atoms with E-state index in [4.69, 9.17) is 21.1 Å². The van der Waals surface area contributed by atoms with Gasteiger partial charge in [-0.3, -0.25) is 4.98 Å². The molecule has 1 aromatic heterocycles. The lowest BCUT2D eigenvalue weighted by atomic mass is 9.97. The Morgan fingerprint density at radius 2 is 1.65 bits per heavy atom. The summed E-state index contributed by atoms with van der Waals surface area (Å²) in [4.78, 5) is 4.53. The third-order valence-corrected chi connectivity index (χ3v) is 4.26. The molecule has 23 heavy (non-hydrogen) atoms. The number of nitrogens with zero attached hydrogens (tertiary/aromatic N) is 1. The second-order valence-electron chi connectivity index (χ2n) is 5.42. The molecular formula is C19H18ClNO2. The van der Waals surface area contributed by atoms with Crippen molar-refractivity contribution in [2.45, 2.75) is 13.3 Å². The van der Waals surface area contributed by atoms with Gasteiger partial charge in [0.1, 0.15) is 0 Å². The van der Waals surface area contributed by atoms with E-state index in [0.717, 1.165) is 33.7 Å². The monoisotopic (exact) mass is 327 g/mol. The third kappa shape index (κ3) is 3.10. The molecule has 0 unspecified atom stereocenters. The van der Waals surface area contributed by atoms with Gasteiger partial charge in [0.05, 0.1) is 14.2 Å². The largest absolute Gasteiger partial charge is 0.493 e. The summed E-state index contributed by atoms with van der Waals surface area (Å²) in [5.41, 5.74) is 3.40. The summed E-state index contributed by atoms with van der Waals surface area (Å²) in [6.45, 7) is 2.03. The lowest BCUT2D eigenvalue weighted by Crippen LogP contribution is -1.98. The molecule has 1 heterocycles. The van der Waals surface area contributed by atoms with Gasteiger partial charge in [-0.15, -0.1) is 0 Å². The third-order valence-electron chi connectivity index (χ3n) is 4.01. The number of pyridine rings is 1. The predicted molar refractivity (Wildman–Crippen MR) is 93.8 cm³/mol. The number of methoxy groups -OCH3 is 2. The summed E-state index contributed by atoms with van der Waals surface area (Å²) in [6, 6.07) is 11.9. The molecule has 0 atom stereocenters. The van der Waals surface area contributed by atoms with Crippen molar-refractivity contribution in [3.05, 3.63) is 64.4 Å². The number of benzene rings is 2. The first kappa shape index (κ1) is 15.6. The van der Waals surface area contributed by atoms with Crippen LogP contribution in [0.1, 0.15) is 16.8 Å². The lowest BCUT2D eigenvalue weighted by Gasteiger charge is -2.14. The average Bonchev–Trinajstić information content (AvgIpc) is 2.58. The number of ether oxygens (including phenoxy) is 2. The summed E-state index contributed by atoms with van der Waals surface area (Å²) in [5, 5.41) is 2.91. The smallest absolute Gasteiger partial charge is 0.161 e. The Morgan fingerprint density at radius 1 is 1.00 bits per heavy atom. The lowest BCUT2D eigenvalue weighted by molar-refractivity contribution is 0.356. The van der Waals surface area contributed by atoms with E-state index in [1.165, 1.54) is 11.1 Å². The van der Waals surface area contributed by atoms with Crippen LogP contribution in [-0.2, 0) is 6.42 Å². The average molecular weight is 328 g/mol. The van der Waals surface area contributed by atoms with Crippen LogP contribution in [0, 0.1) is 6.92 Å². The van der Waals surface area contributed by atoms with Crippen molar-refractivity contribution in [3.63, 3.8) is 0 Å². The maximum atomic E-state index is 5.97. The number of fused-ring (bicyclic) bond motifs is 1. The Labute approximate surface area is 140 Å². The molecule has 0 fully saturated rings. The molecule has 0 saturated carbocycles. The SMILES string of the molecule is COc1cc2cnc(C)c(Cc3ccc(Cl)cc3)c2cc1OC. The molecule has 0 aliphatic rings. The zero-order chi connectivity index (χ0) is 16.4. The highest BCUT2D eigenvalue weighted by molar-refractivity contribution is 6.30. The van der Waals surface area contributed by atoms with Crippen LogP contribution >= 0.6 is 11.6 Å². The fourth-order valence-electron chi connectivity index (χ4n) is 2.73. The van der Waals surface area contributed by atoms with Crippen LogP contribution in [0.4, 0.5) is 0 Å². The summed E-state index contributed by atoms with van der Waals surface area (Å²) in [7, 11) is 3.29. The molecule has 0 bridgehead atoms. The van der Waals surface area contributed by atoms with Crippen LogP contribution < -0.4 is 9.47 Å². The fraction of sp³-hybridized carbons (Fsp3) is 0.211. The highest BCUT2D eigenvalue weighted by Gasteiger charge is 2.12. The highest BCUT2D eigenvalue weighted by atomic mass is 35.5. The van der Waals surface area contributed by atoms with Gasteiger partial charge < -0.3 is 9.47 Å². The van der Waals surface area contributed by atoms with Crippen molar-refractivity contribution in [2.24, 2.45) is 0 Å². The quantitative estimate of drug-likeness (QED) is 0.689. The fourth-order valence-corrected chi connectivity index (χ4v) is 2.86. The van der Waals surface area contributed by atoms with Crippen molar-refractivity contribution in [2.75, 3.05) is 14.2 Å². The maximum absolute atomic E-state index is 5.97. The second kappa shape index (κ2) is 6.47. The van der Waals surface area contributed by atoms with E-state index in [1.54, 1.807) is 14.2 Å². The summed E-state index contributed by atoms with van der Waals surface area (Å²) in [6.07, 6.45) is 2.67. The Bertz CT molecular complexity index is 844. The van der Waals surface area contributed by atoms with Crippen molar-refractivity contribution < 1.29 is 9.47 Å². The zero-order valence-corrected chi connectivity index (χ0v) is 14.1. The van der Waals surface area contributed by atoms with Gasteiger partial charge >= 0.3 is 0 Å². The van der Waals surface area contributed by atoms with E-state index in [2.05, 4.69) is 4.98 Å². The molecule has 0 spiro atoms. The standard InChI is InChI=1S/C19H18ClNO2/c1-12-16(8-13-4-6-15(20)7-5-13)17-10-19(23-3)18(22-2)9-14(17)11-21-12/h4-7,9-11H,8H2,1-3H3. The minimum Gasteiger partial charge on any atom is -0.493 e. The first-order valence-corrected chi connectivity index (χ1v) is 7.75. The Hall–Kier alpha value is -2.26. The highest BCUT2D eigenvalue weighted by Crippen LogP contribution is 2.34. The van der Waals surface area contributed by atoms with Crippen molar-refractivity contribution in [3.8, 4) is 11.5 Å². The van der Waals surface area contributed by atoms with Gasteiger partial charge in [0, 0.05) is 22.3 Å². The minimum atomic E-state index is 0.711. The van der Waals surface area contributed by atoms with E-state index >= 15 is 0 Å². The van der Waals surface area contributed by atoms with Gasteiger partial charge in [-0.1, -0.05) is 23.7 Å². The molecule has 3 aromatic rings. The summed E-state index contributed by atoms with van der Waals surface area (Å²) in [5.74, 6) is 1.44. The van der Waals surface area contributed by atoms with Crippen LogP contribution in [0.2, 0.25) is 5.02 Å². The van der Waals surface area contributed by atoms with Crippen molar-refractivity contribution >= 4 is 22.4 Å². The van der Waals surface area contributed by atoms with Gasteiger partial charge in [0.15, 0.2) is 11.5 Å². The number of aromatic nitrogens is 1. The van der Waals surface area contributed by atoms with Crippen molar-refractivity contribution in [1.82, 2.24) is 4.98 Å². The van der Waals surface area contributed by atoms with Gasteiger partial charge in [-0.25, -0.2) is 0 Å². The number of rotatable bonds is 4. The summed E-state index contributed by atoms with van der Waals surface area (Å²) < 4.78 is 10.8. The van der Waals surface area contributed by atoms with Gasteiger partial charge in [0.25, 0.3) is 0 Å². The van der Waals surface area contributed by atoms with Crippen LogP contribution in [0.5, 0.6) is 11.5 Å². The second-order valence-corrected chi connectivity index (χ2v) is 5.86. The summed E-state index contributed by atoms with van der Waals surface area (Å²) >= 11 is 5.97. The van der Waals surface area contributed by atoms with Crippen LogP contribution in [-0.4, -0.2) is 19.2 Å². The van der Waals surface area contributed by atoms with Gasteiger partial charge in [0.2, 0.25) is 0 Å². The molecule has 0 aliphatic carbocycles. The molecule has 0 aliphatic heterocycles. The molecular weight excluding hydrogens is 310 g/mol. The minimum absolute atomic E-state index is 0.711. The van der Waals surface area contributed by atoms with E-state index in [0.29, 0.717) is 5.75 Å². The van der Waals surface area contributed by atoms with E-state index in [-0.39, 0.29) is 0 Å². The molecule has 0 N–H and O–H groups in total. The van der Waals surface area contributed by atoms with Crippen LogP contribution in [0.3, 0.4) is 0 Å². The number of aryl methyl sites for hydroxylation is 1. The number of halogens is 1. The molecule has 0 amide bonds. The Balaban J connectivity index is 2.14. The molecule has 3 nitrogen and oxygen atoms in total. The first-order chi connectivity index (χ1) is 11.1.